The molecule has 3 nitrogen and oxygen atoms in total. The Morgan fingerprint density at radius 1 is 1.42 bits per heavy atom. The highest BCUT2D eigenvalue weighted by Gasteiger charge is 2.27. The predicted molar refractivity (Wildman–Crippen MR) is 81.9 cm³/mol. The molecule has 1 aromatic carbocycles. The van der Waals surface area contributed by atoms with Crippen LogP contribution in [0.5, 0.6) is 0 Å². The first-order chi connectivity index (χ1) is 9.00. The van der Waals surface area contributed by atoms with Gasteiger partial charge in [0, 0.05) is 19.0 Å². The lowest BCUT2D eigenvalue weighted by Crippen LogP contribution is -2.43. The van der Waals surface area contributed by atoms with Gasteiger partial charge in [0.2, 0.25) is 0 Å². The number of likely N-dealkylation sites (tertiary alicyclic amines) is 1. The molecule has 102 valence electrons. The van der Waals surface area contributed by atoms with Crippen molar-refractivity contribution in [3.63, 3.8) is 0 Å². The van der Waals surface area contributed by atoms with Gasteiger partial charge in [-0.3, -0.25) is 4.79 Å². The maximum atomic E-state index is 12.4. The van der Waals surface area contributed by atoms with Gasteiger partial charge in [0.05, 0.1) is 20.6 Å². The van der Waals surface area contributed by atoms with Crippen LogP contribution in [0.15, 0.2) is 18.2 Å². The minimum Gasteiger partial charge on any atom is -0.393 e. The summed E-state index contributed by atoms with van der Waals surface area (Å²) in [7, 11) is 0. The fourth-order valence-electron chi connectivity index (χ4n) is 2.23. The molecule has 6 heteroatoms. The van der Waals surface area contributed by atoms with Crippen molar-refractivity contribution in [2.75, 3.05) is 13.1 Å². The van der Waals surface area contributed by atoms with E-state index in [0.717, 1.165) is 12.8 Å². The summed E-state index contributed by atoms with van der Waals surface area (Å²) in [5, 5.41) is 0.682. The molecule has 1 aromatic rings. The molecule has 0 radical (unpaired) electrons. The quantitative estimate of drug-likeness (QED) is 0.853. The Labute approximate surface area is 127 Å². The second kappa shape index (κ2) is 6.07. The molecule has 0 bridgehead atoms. The molecule has 1 heterocycles. The predicted octanol–water partition coefficient (Wildman–Crippen LogP) is 3.13. The molecule has 1 atom stereocenters. The van der Waals surface area contributed by atoms with Crippen molar-refractivity contribution in [2.45, 2.75) is 12.8 Å². The van der Waals surface area contributed by atoms with E-state index < -0.39 is 0 Å². The maximum Gasteiger partial charge on any atom is 0.255 e. The Morgan fingerprint density at radius 3 is 2.84 bits per heavy atom. The first-order valence-electron chi connectivity index (χ1n) is 6.03. The van der Waals surface area contributed by atoms with Crippen molar-refractivity contribution < 1.29 is 4.79 Å². The van der Waals surface area contributed by atoms with Crippen LogP contribution in [-0.4, -0.2) is 28.9 Å². The summed E-state index contributed by atoms with van der Waals surface area (Å²) in [6.45, 7) is 1.25. The summed E-state index contributed by atoms with van der Waals surface area (Å²) in [6, 6.07) is 5.06. The first-order valence-corrected chi connectivity index (χ1v) is 7.19. The molecule has 1 aliphatic rings. The van der Waals surface area contributed by atoms with Gasteiger partial charge in [0.25, 0.3) is 5.91 Å². The lowest BCUT2D eigenvalue weighted by molar-refractivity contribution is 0.0704. The average Bonchev–Trinajstić information content (AvgIpc) is 2.41. The van der Waals surface area contributed by atoms with Crippen LogP contribution in [-0.2, 0) is 0 Å². The van der Waals surface area contributed by atoms with Gasteiger partial charge in [-0.1, -0.05) is 41.5 Å². The zero-order valence-electron chi connectivity index (χ0n) is 10.2. The third-order valence-electron chi connectivity index (χ3n) is 3.29. The Morgan fingerprint density at radius 2 is 2.16 bits per heavy atom. The fourth-order valence-corrected chi connectivity index (χ4v) is 2.81. The van der Waals surface area contributed by atoms with Crippen LogP contribution in [0.4, 0.5) is 0 Å². The van der Waals surface area contributed by atoms with Crippen molar-refractivity contribution in [1.82, 2.24) is 4.90 Å². The molecule has 2 N–H and O–H groups in total. The number of amides is 1. The summed E-state index contributed by atoms with van der Waals surface area (Å²) in [5.74, 6) is -0.0286. The smallest absolute Gasteiger partial charge is 0.255 e. The number of hydrogen-bond acceptors (Lipinski definition) is 2. The number of rotatable bonds is 2. The van der Waals surface area contributed by atoms with Crippen molar-refractivity contribution >= 4 is 46.3 Å². The van der Waals surface area contributed by atoms with Gasteiger partial charge in [-0.2, -0.15) is 0 Å². The fraction of sp³-hybridized carbons (Fsp3) is 0.385. The first kappa shape index (κ1) is 14.6. The van der Waals surface area contributed by atoms with Gasteiger partial charge in [0.1, 0.15) is 0 Å². The molecule has 0 saturated carbocycles. The van der Waals surface area contributed by atoms with Gasteiger partial charge in [-0.15, -0.1) is 0 Å². The Bertz CT molecular complexity index is 521. The summed E-state index contributed by atoms with van der Waals surface area (Å²) >= 11 is 17.0. The number of halogens is 2. The monoisotopic (exact) mass is 316 g/mol. The highest BCUT2D eigenvalue weighted by Crippen LogP contribution is 2.28. The van der Waals surface area contributed by atoms with Crippen molar-refractivity contribution in [2.24, 2.45) is 11.7 Å². The number of benzene rings is 1. The van der Waals surface area contributed by atoms with E-state index in [1.54, 1.807) is 23.1 Å². The van der Waals surface area contributed by atoms with E-state index in [4.69, 9.17) is 41.2 Å². The van der Waals surface area contributed by atoms with Gasteiger partial charge in [-0.05, 0) is 25.0 Å². The second-order valence-electron chi connectivity index (χ2n) is 4.59. The third-order valence-corrected chi connectivity index (χ3v) is 4.45. The third kappa shape index (κ3) is 3.19. The number of hydrogen-bond donors (Lipinski definition) is 1. The van der Waals surface area contributed by atoms with Crippen LogP contribution < -0.4 is 5.73 Å². The van der Waals surface area contributed by atoms with E-state index in [2.05, 4.69) is 0 Å². The molecule has 0 aliphatic carbocycles. The minimum atomic E-state index is -0.117. The van der Waals surface area contributed by atoms with E-state index in [-0.39, 0.29) is 11.8 Å². The largest absolute Gasteiger partial charge is 0.393 e. The molecule has 1 saturated heterocycles. The normalized spacial score (nSPS) is 19.3. The topological polar surface area (TPSA) is 46.3 Å². The lowest BCUT2D eigenvalue weighted by atomic mass is 9.97. The number of nitrogens with zero attached hydrogens (tertiary/aromatic N) is 1. The van der Waals surface area contributed by atoms with Crippen LogP contribution in [0.1, 0.15) is 23.2 Å². The lowest BCUT2D eigenvalue weighted by Gasteiger charge is -2.32. The molecule has 0 aromatic heterocycles. The molecule has 2 rings (SSSR count). The van der Waals surface area contributed by atoms with Crippen LogP contribution in [0.3, 0.4) is 0 Å². The minimum absolute atomic E-state index is 0.0886. The molecular weight excluding hydrogens is 303 g/mol. The van der Waals surface area contributed by atoms with E-state index >= 15 is 0 Å². The van der Waals surface area contributed by atoms with E-state index in [1.807, 2.05) is 0 Å². The molecule has 1 unspecified atom stereocenters. The highest BCUT2D eigenvalue weighted by atomic mass is 35.5. The molecule has 1 aliphatic heterocycles. The molecule has 19 heavy (non-hydrogen) atoms. The van der Waals surface area contributed by atoms with E-state index in [1.165, 1.54) is 0 Å². The zero-order valence-corrected chi connectivity index (χ0v) is 12.6. The Balaban J connectivity index is 2.19. The van der Waals surface area contributed by atoms with E-state index in [0.29, 0.717) is 33.7 Å². The summed E-state index contributed by atoms with van der Waals surface area (Å²) < 4.78 is 0. The van der Waals surface area contributed by atoms with Crippen molar-refractivity contribution in [3.8, 4) is 0 Å². The molecular formula is C13H14Cl2N2OS. The van der Waals surface area contributed by atoms with Gasteiger partial charge < -0.3 is 10.6 Å². The van der Waals surface area contributed by atoms with E-state index in [9.17, 15) is 4.79 Å². The van der Waals surface area contributed by atoms with Crippen LogP contribution >= 0.6 is 35.4 Å². The number of carbonyl (C=O) groups is 1. The number of carbonyl (C=O) groups excluding carboxylic acids is 1. The Kier molecular flexibility index (Phi) is 4.66. The molecule has 1 amide bonds. The number of piperidine rings is 1. The number of thiocarbonyl (C=S) groups is 1. The Hall–Kier alpha value is -0.840. The van der Waals surface area contributed by atoms with Gasteiger partial charge in [0.15, 0.2) is 0 Å². The van der Waals surface area contributed by atoms with Gasteiger partial charge in [-0.25, -0.2) is 0 Å². The number of nitrogens with two attached hydrogens (primary N) is 1. The van der Waals surface area contributed by atoms with Crippen LogP contribution in [0.2, 0.25) is 10.0 Å². The van der Waals surface area contributed by atoms with Crippen LogP contribution in [0, 0.1) is 5.92 Å². The van der Waals surface area contributed by atoms with Crippen molar-refractivity contribution in [1.29, 1.82) is 0 Å². The highest BCUT2D eigenvalue weighted by molar-refractivity contribution is 7.80. The molecule has 0 spiro atoms. The van der Waals surface area contributed by atoms with Crippen LogP contribution in [0.25, 0.3) is 0 Å². The maximum absolute atomic E-state index is 12.4. The standard InChI is InChI=1S/C13H14Cl2N2OS/c14-10-5-1-4-9(11(10)15)13(18)17-6-2-3-8(7-17)12(16)19/h1,4-5,8H,2-3,6-7H2,(H2,16,19). The SMILES string of the molecule is NC(=S)C1CCCN(C(=O)c2cccc(Cl)c2Cl)C1. The van der Waals surface area contributed by atoms with Gasteiger partial charge >= 0.3 is 0 Å². The summed E-state index contributed by atoms with van der Waals surface area (Å²) in [5.41, 5.74) is 6.10. The summed E-state index contributed by atoms with van der Waals surface area (Å²) in [6.07, 6.45) is 1.83. The van der Waals surface area contributed by atoms with Crippen molar-refractivity contribution in [3.05, 3.63) is 33.8 Å². The zero-order chi connectivity index (χ0) is 14.0. The average molecular weight is 317 g/mol. The molecule has 1 fully saturated rings. The summed E-state index contributed by atoms with van der Waals surface area (Å²) in [4.78, 5) is 14.6. The second-order valence-corrected chi connectivity index (χ2v) is 5.85.